The molecule has 3 nitrogen and oxygen atoms in total. The minimum Gasteiger partial charge on any atom is -0.396 e. The predicted molar refractivity (Wildman–Crippen MR) is 59.4 cm³/mol. The summed E-state index contributed by atoms with van der Waals surface area (Å²) in [5.41, 5.74) is 0. The number of rotatable bonds is 8. The summed E-state index contributed by atoms with van der Waals surface area (Å²) in [6.07, 6.45) is 0.814. The highest BCUT2D eigenvalue weighted by atomic mass is 16.5. The van der Waals surface area contributed by atoms with E-state index in [-0.39, 0.29) is 6.61 Å². The van der Waals surface area contributed by atoms with Crippen LogP contribution in [-0.2, 0) is 4.74 Å². The first-order chi connectivity index (χ1) is 6.61. The normalized spacial score (nSPS) is 15.9. The predicted octanol–water partition coefficient (Wildman–Crippen LogP) is 1.41. The molecule has 2 N–H and O–H groups in total. The van der Waals surface area contributed by atoms with E-state index in [9.17, 15) is 0 Å². The van der Waals surface area contributed by atoms with Gasteiger partial charge in [-0.3, -0.25) is 0 Å². The van der Waals surface area contributed by atoms with E-state index in [1.165, 1.54) is 0 Å². The van der Waals surface area contributed by atoms with Gasteiger partial charge in [0.1, 0.15) is 0 Å². The topological polar surface area (TPSA) is 41.5 Å². The SMILES string of the molecule is CCOCC(C)NC(CCO)C(C)C. The molecule has 2 unspecified atom stereocenters. The average Bonchev–Trinajstić information content (AvgIpc) is 2.14. The fourth-order valence-corrected chi connectivity index (χ4v) is 1.46. The van der Waals surface area contributed by atoms with Crippen LogP contribution in [0.25, 0.3) is 0 Å². The van der Waals surface area contributed by atoms with Crippen molar-refractivity contribution in [3.05, 3.63) is 0 Å². The van der Waals surface area contributed by atoms with Crippen molar-refractivity contribution in [2.24, 2.45) is 5.92 Å². The maximum Gasteiger partial charge on any atom is 0.0616 e. The number of hydrogen-bond acceptors (Lipinski definition) is 3. The Kier molecular flexibility index (Phi) is 8.14. The minimum atomic E-state index is 0.247. The summed E-state index contributed by atoms with van der Waals surface area (Å²) in [6, 6.07) is 0.740. The monoisotopic (exact) mass is 203 g/mol. The lowest BCUT2D eigenvalue weighted by atomic mass is 10.0. The largest absolute Gasteiger partial charge is 0.396 e. The molecule has 0 bridgehead atoms. The number of aliphatic hydroxyl groups is 1. The van der Waals surface area contributed by atoms with E-state index in [0.29, 0.717) is 18.0 Å². The van der Waals surface area contributed by atoms with Gasteiger partial charge in [-0.25, -0.2) is 0 Å². The average molecular weight is 203 g/mol. The van der Waals surface area contributed by atoms with Gasteiger partial charge in [-0.05, 0) is 26.2 Å². The summed E-state index contributed by atoms with van der Waals surface area (Å²) in [7, 11) is 0. The van der Waals surface area contributed by atoms with Gasteiger partial charge in [0.2, 0.25) is 0 Å². The van der Waals surface area contributed by atoms with Crippen LogP contribution >= 0.6 is 0 Å². The standard InChI is InChI=1S/C11H25NO2/c1-5-14-8-10(4)12-11(6-7-13)9(2)3/h9-13H,5-8H2,1-4H3. The van der Waals surface area contributed by atoms with Crippen molar-refractivity contribution < 1.29 is 9.84 Å². The number of ether oxygens (including phenoxy) is 1. The summed E-state index contributed by atoms with van der Waals surface area (Å²) in [4.78, 5) is 0. The Morgan fingerprint density at radius 3 is 2.36 bits per heavy atom. The Morgan fingerprint density at radius 1 is 1.29 bits per heavy atom. The molecule has 0 aromatic heterocycles. The number of hydrogen-bond donors (Lipinski definition) is 2. The van der Waals surface area contributed by atoms with E-state index >= 15 is 0 Å². The Hall–Kier alpha value is -0.120. The lowest BCUT2D eigenvalue weighted by molar-refractivity contribution is 0.117. The zero-order chi connectivity index (χ0) is 11.0. The van der Waals surface area contributed by atoms with E-state index in [1.54, 1.807) is 0 Å². The molecule has 0 aliphatic rings. The minimum absolute atomic E-state index is 0.247. The van der Waals surface area contributed by atoms with Gasteiger partial charge in [0.15, 0.2) is 0 Å². The molecular formula is C11H25NO2. The van der Waals surface area contributed by atoms with Crippen molar-refractivity contribution in [3.63, 3.8) is 0 Å². The summed E-state index contributed by atoms with van der Waals surface area (Å²) in [5.74, 6) is 0.547. The second-order valence-corrected chi connectivity index (χ2v) is 4.09. The van der Waals surface area contributed by atoms with Gasteiger partial charge in [-0.15, -0.1) is 0 Å². The molecule has 0 rings (SSSR count). The molecule has 0 aromatic rings. The lowest BCUT2D eigenvalue weighted by Gasteiger charge is -2.25. The zero-order valence-corrected chi connectivity index (χ0v) is 9.92. The Morgan fingerprint density at radius 2 is 1.93 bits per heavy atom. The van der Waals surface area contributed by atoms with Gasteiger partial charge >= 0.3 is 0 Å². The molecule has 86 valence electrons. The first-order valence-electron chi connectivity index (χ1n) is 5.56. The van der Waals surface area contributed by atoms with Crippen LogP contribution in [0.1, 0.15) is 34.1 Å². The quantitative estimate of drug-likeness (QED) is 0.626. The first kappa shape index (κ1) is 13.9. The molecule has 2 atom stereocenters. The molecule has 0 aromatic carbocycles. The van der Waals surface area contributed by atoms with Gasteiger partial charge in [0.25, 0.3) is 0 Å². The first-order valence-corrected chi connectivity index (χ1v) is 5.56. The number of nitrogens with one attached hydrogen (secondary N) is 1. The molecule has 0 amide bonds. The van der Waals surface area contributed by atoms with Crippen molar-refractivity contribution in [3.8, 4) is 0 Å². The Balaban J connectivity index is 3.77. The lowest BCUT2D eigenvalue weighted by Crippen LogP contribution is -2.42. The van der Waals surface area contributed by atoms with Gasteiger partial charge in [-0.2, -0.15) is 0 Å². The van der Waals surface area contributed by atoms with Gasteiger partial charge in [0.05, 0.1) is 6.61 Å². The summed E-state index contributed by atoms with van der Waals surface area (Å²) in [5, 5.41) is 12.4. The van der Waals surface area contributed by atoms with Crippen LogP contribution in [0.5, 0.6) is 0 Å². The fourth-order valence-electron chi connectivity index (χ4n) is 1.46. The summed E-state index contributed by atoms with van der Waals surface area (Å²) in [6.45, 7) is 10.2. The molecule has 0 saturated heterocycles. The van der Waals surface area contributed by atoms with E-state index in [0.717, 1.165) is 19.6 Å². The maximum atomic E-state index is 8.90. The van der Waals surface area contributed by atoms with Crippen LogP contribution in [0.15, 0.2) is 0 Å². The van der Waals surface area contributed by atoms with Crippen molar-refractivity contribution in [1.82, 2.24) is 5.32 Å². The summed E-state index contributed by atoms with van der Waals surface area (Å²) < 4.78 is 5.33. The van der Waals surface area contributed by atoms with Crippen LogP contribution in [0.4, 0.5) is 0 Å². The Bertz CT molecular complexity index is 128. The second-order valence-electron chi connectivity index (χ2n) is 4.09. The van der Waals surface area contributed by atoms with Crippen LogP contribution < -0.4 is 5.32 Å². The highest BCUT2D eigenvalue weighted by Crippen LogP contribution is 2.06. The molecule has 0 saturated carbocycles. The fraction of sp³-hybridized carbons (Fsp3) is 1.00. The zero-order valence-electron chi connectivity index (χ0n) is 9.92. The van der Waals surface area contributed by atoms with Crippen LogP contribution in [-0.4, -0.2) is 37.0 Å². The van der Waals surface area contributed by atoms with Crippen molar-refractivity contribution >= 4 is 0 Å². The maximum absolute atomic E-state index is 8.90. The van der Waals surface area contributed by atoms with Gasteiger partial charge in [-0.1, -0.05) is 13.8 Å². The molecule has 0 heterocycles. The second kappa shape index (κ2) is 8.21. The summed E-state index contributed by atoms with van der Waals surface area (Å²) >= 11 is 0. The molecule has 0 aliphatic carbocycles. The molecular weight excluding hydrogens is 178 g/mol. The van der Waals surface area contributed by atoms with E-state index in [1.807, 2.05) is 6.92 Å². The van der Waals surface area contributed by atoms with E-state index in [2.05, 4.69) is 26.1 Å². The van der Waals surface area contributed by atoms with Crippen LogP contribution in [0, 0.1) is 5.92 Å². The molecule has 0 spiro atoms. The molecule has 0 fully saturated rings. The van der Waals surface area contributed by atoms with E-state index in [4.69, 9.17) is 9.84 Å². The molecule has 3 heteroatoms. The third-order valence-corrected chi connectivity index (χ3v) is 2.32. The molecule has 0 radical (unpaired) electrons. The van der Waals surface area contributed by atoms with Gasteiger partial charge < -0.3 is 15.2 Å². The van der Waals surface area contributed by atoms with Crippen molar-refractivity contribution in [2.75, 3.05) is 19.8 Å². The molecule has 0 aliphatic heterocycles. The highest BCUT2D eigenvalue weighted by Gasteiger charge is 2.14. The Labute approximate surface area is 87.8 Å². The van der Waals surface area contributed by atoms with E-state index < -0.39 is 0 Å². The van der Waals surface area contributed by atoms with Crippen molar-refractivity contribution in [2.45, 2.75) is 46.2 Å². The number of aliphatic hydroxyl groups excluding tert-OH is 1. The molecule has 14 heavy (non-hydrogen) atoms. The van der Waals surface area contributed by atoms with Gasteiger partial charge in [0, 0.05) is 25.3 Å². The third kappa shape index (κ3) is 6.35. The third-order valence-electron chi connectivity index (χ3n) is 2.32. The van der Waals surface area contributed by atoms with Crippen LogP contribution in [0.2, 0.25) is 0 Å². The smallest absolute Gasteiger partial charge is 0.0616 e. The highest BCUT2D eigenvalue weighted by molar-refractivity contribution is 4.73. The van der Waals surface area contributed by atoms with Crippen LogP contribution in [0.3, 0.4) is 0 Å². The van der Waals surface area contributed by atoms with Crippen molar-refractivity contribution in [1.29, 1.82) is 0 Å².